The molecule has 1 aromatic heterocycles. The number of aromatic nitrogens is 2. The van der Waals surface area contributed by atoms with Crippen molar-refractivity contribution in [1.29, 1.82) is 0 Å². The molecule has 0 radical (unpaired) electrons. The standard InChI is InChI=1S/C18H28N4/c1-13-7-9-15(19-5)11-14(13)8-10-16-12-17(20-6)22(21-16)18(2,3)4/h7,9,11-12,19-20H,8,10H2,1-6H3. The highest BCUT2D eigenvalue weighted by Crippen LogP contribution is 2.22. The summed E-state index contributed by atoms with van der Waals surface area (Å²) in [5.41, 5.74) is 5.00. The summed E-state index contributed by atoms with van der Waals surface area (Å²) >= 11 is 0. The van der Waals surface area contributed by atoms with Crippen molar-refractivity contribution in [2.24, 2.45) is 0 Å². The predicted octanol–water partition coefficient (Wildman–Crippen LogP) is 3.82. The van der Waals surface area contributed by atoms with E-state index in [4.69, 9.17) is 5.10 Å². The van der Waals surface area contributed by atoms with Crippen LogP contribution in [0, 0.1) is 6.92 Å². The Morgan fingerprint density at radius 1 is 1.05 bits per heavy atom. The summed E-state index contributed by atoms with van der Waals surface area (Å²) in [5, 5.41) is 11.2. The molecule has 0 bridgehead atoms. The molecule has 0 spiro atoms. The van der Waals surface area contributed by atoms with Gasteiger partial charge in [0.2, 0.25) is 0 Å². The molecule has 2 N–H and O–H groups in total. The van der Waals surface area contributed by atoms with Gasteiger partial charge in [0.25, 0.3) is 0 Å². The van der Waals surface area contributed by atoms with Crippen molar-refractivity contribution in [3.63, 3.8) is 0 Å². The number of rotatable bonds is 5. The molecule has 2 aromatic rings. The van der Waals surface area contributed by atoms with Crippen LogP contribution >= 0.6 is 0 Å². The normalized spacial score (nSPS) is 11.5. The number of benzene rings is 1. The monoisotopic (exact) mass is 300 g/mol. The Balaban J connectivity index is 2.17. The van der Waals surface area contributed by atoms with Gasteiger partial charge in [-0.05, 0) is 63.8 Å². The van der Waals surface area contributed by atoms with Gasteiger partial charge in [-0.2, -0.15) is 5.10 Å². The molecule has 0 saturated heterocycles. The first-order chi connectivity index (χ1) is 10.3. The largest absolute Gasteiger partial charge is 0.388 e. The first-order valence-electron chi connectivity index (χ1n) is 7.89. The fourth-order valence-corrected chi connectivity index (χ4v) is 2.60. The Labute approximate surface area is 133 Å². The predicted molar refractivity (Wildman–Crippen MR) is 94.9 cm³/mol. The molecule has 4 heteroatoms. The van der Waals surface area contributed by atoms with E-state index in [1.165, 1.54) is 11.1 Å². The molecule has 0 amide bonds. The van der Waals surface area contributed by atoms with Gasteiger partial charge < -0.3 is 10.6 Å². The zero-order valence-electron chi connectivity index (χ0n) is 14.6. The second kappa shape index (κ2) is 6.42. The van der Waals surface area contributed by atoms with Crippen LogP contribution < -0.4 is 10.6 Å². The molecule has 1 heterocycles. The van der Waals surface area contributed by atoms with Gasteiger partial charge >= 0.3 is 0 Å². The summed E-state index contributed by atoms with van der Waals surface area (Å²) < 4.78 is 2.07. The smallest absolute Gasteiger partial charge is 0.124 e. The van der Waals surface area contributed by atoms with Crippen molar-refractivity contribution in [2.75, 3.05) is 24.7 Å². The molecule has 1 aromatic carbocycles. The number of anilines is 2. The van der Waals surface area contributed by atoms with Crippen LogP contribution in [-0.2, 0) is 18.4 Å². The van der Waals surface area contributed by atoms with Crippen LogP contribution in [-0.4, -0.2) is 23.9 Å². The summed E-state index contributed by atoms with van der Waals surface area (Å²) in [6.07, 6.45) is 1.96. The average Bonchev–Trinajstić information content (AvgIpc) is 2.90. The number of hydrogen-bond acceptors (Lipinski definition) is 3. The van der Waals surface area contributed by atoms with Crippen LogP contribution in [0.3, 0.4) is 0 Å². The lowest BCUT2D eigenvalue weighted by molar-refractivity contribution is 0.358. The molecule has 2 rings (SSSR count). The van der Waals surface area contributed by atoms with E-state index in [2.05, 4.69) is 67.3 Å². The van der Waals surface area contributed by atoms with Crippen molar-refractivity contribution in [2.45, 2.75) is 46.1 Å². The number of hydrogen-bond donors (Lipinski definition) is 2. The molecule has 0 aliphatic heterocycles. The van der Waals surface area contributed by atoms with E-state index >= 15 is 0 Å². The summed E-state index contributed by atoms with van der Waals surface area (Å²) in [6.45, 7) is 8.68. The molecule has 0 saturated carbocycles. The van der Waals surface area contributed by atoms with Crippen LogP contribution in [0.15, 0.2) is 24.3 Å². The Hall–Kier alpha value is -1.97. The van der Waals surface area contributed by atoms with Crippen molar-refractivity contribution < 1.29 is 0 Å². The maximum Gasteiger partial charge on any atom is 0.124 e. The molecular formula is C18H28N4. The number of aryl methyl sites for hydroxylation is 3. The summed E-state index contributed by atoms with van der Waals surface area (Å²) in [5.74, 6) is 1.07. The minimum absolute atomic E-state index is 0.0153. The molecule has 0 aliphatic carbocycles. The van der Waals surface area contributed by atoms with Crippen LogP contribution in [0.5, 0.6) is 0 Å². The van der Waals surface area contributed by atoms with Crippen molar-refractivity contribution in [3.8, 4) is 0 Å². The summed E-state index contributed by atoms with van der Waals surface area (Å²) in [7, 11) is 3.90. The Morgan fingerprint density at radius 3 is 2.32 bits per heavy atom. The van der Waals surface area contributed by atoms with Crippen LogP contribution in [0.4, 0.5) is 11.5 Å². The van der Waals surface area contributed by atoms with Crippen LogP contribution in [0.25, 0.3) is 0 Å². The number of nitrogens with one attached hydrogen (secondary N) is 2. The third-order valence-electron chi connectivity index (χ3n) is 3.94. The molecule has 4 nitrogen and oxygen atoms in total. The highest BCUT2D eigenvalue weighted by atomic mass is 15.4. The fourth-order valence-electron chi connectivity index (χ4n) is 2.60. The van der Waals surface area contributed by atoms with E-state index in [-0.39, 0.29) is 5.54 Å². The minimum Gasteiger partial charge on any atom is -0.388 e. The second-order valence-corrected chi connectivity index (χ2v) is 6.74. The lowest BCUT2D eigenvalue weighted by Crippen LogP contribution is -2.24. The molecular weight excluding hydrogens is 272 g/mol. The van der Waals surface area contributed by atoms with E-state index in [1.54, 1.807) is 0 Å². The first-order valence-corrected chi connectivity index (χ1v) is 7.89. The van der Waals surface area contributed by atoms with Gasteiger partial charge in [-0.25, -0.2) is 4.68 Å². The van der Waals surface area contributed by atoms with Crippen molar-refractivity contribution >= 4 is 11.5 Å². The Kier molecular flexibility index (Phi) is 4.79. The summed E-state index contributed by atoms with van der Waals surface area (Å²) in [4.78, 5) is 0. The van der Waals surface area contributed by atoms with Gasteiger partial charge in [-0.3, -0.25) is 0 Å². The lowest BCUT2D eigenvalue weighted by atomic mass is 10.0. The zero-order chi connectivity index (χ0) is 16.3. The van der Waals surface area contributed by atoms with Gasteiger partial charge in [0, 0.05) is 25.8 Å². The maximum absolute atomic E-state index is 4.78. The van der Waals surface area contributed by atoms with Gasteiger partial charge in [-0.15, -0.1) is 0 Å². The quantitative estimate of drug-likeness (QED) is 0.882. The average molecular weight is 300 g/mol. The Morgan fingerprint density at radius 2 is 1.77 bits per heavy atom. The van der Waals surface area contributed by atoms with E-state index in [0.717, 1.165) is 30.0 Å². The van der Waals surface area contributed by atoms with Crippen LogP contribution in [0.1, 0.15) is 37.6 Å². The van der Waals surface area contributed by atoms with Gasteiger partial charge in [-0.1, -0.05) is 6.07 Å². The second-order valence-electron chi connectivity index (χ2n) is 6.74. The highest BCUT2D eigenvalue weighted by molar-refractivity contribution is 5.48. The minimum atomic E-state index is -0.0153. The van der Waals surface area contributed by atoms with E-state index in [0.29, 0.717) is 0 Å². The lowest BCUT2D eigenvalue weighted by Gasteiger charge is -2.21. The molecule has 120 valence electrons. The topological polar surface area (TPSA) is 41.9 Å². The van der Waals surface area contributed by atoms with E-state index < -0.39 is 0 Å². The zero-order valence-corrected chi connectivity index (χ0v) is 14.6. The molecule has 0 unspecified atom stereocenters. The third kappa shape index (κ3) is 3.62. The fraction of sp³-hybridized carbons (Fsp3) is 0.500. The van der Waals surface area contributed by atoms with Gasteiger partial charge in [0.15, 0.2) is 0 Å². The van der Waals surface area contributed by atoms with E-state index in [9.17, 15) is 0 Å². The first kappa shape index (κ1) is 16.4. The van der Waals surface area contributed by atoms with Crippen molar-refractivity contribution in [1.82, 2.24) is 9.78 Å². The number of nitrogens with zero attached hydrogens (tertiary/aromatic N) is 2. The third-order valence-corrected chi connectivity index (χ3v) is 3.94. The van der Waals surface area contributed by atoms with E-state index in [1.807, 2.05) is 14.1 Å². The van der Waals surface area contributed by atoms with Gasteiger partial charge in [0.05, 0.1) is 11.2 Å². The molecule has 0 fully saturated rings. The van der Waals surface area contributed by atoms with Gasteiger partial charge in [0.1, 0.15) is 5.82 Å². The van der Waals surface area contributed by atoms with Crippen molar-refractivity contribution in [3.05, 3.63) is 41.1 Å². The Bertz CT molecular complexity index is 635. The highest BCUT2D eigenvalue weighted by Gasteiger charge is 2.19. The molecule has 0 atom stereocenters. The maximum atomic E-state index is 4.78. The molecule has 22 heavy (non-hydrogen) atoms. The molecule has 0 aliphatic rings. The van der Waals surface area contributed by atoms with Crippen LogP contribution in [0.2, 0.25) is 0 Å². The summed E-state index contributed by atoms with van der Waals surface area (Å²) in [6, 6.07) is 8.68. The SMILES string of the molecule is CNc1ccc(C)c(CCc2cc(NC)n(C(C)(C)C)n2)c1.